The van der Waals surface area contributed by atoms with Gasteiger partial charge in [-0.25, -0.2) is 8.42 Å². The monoisotopic (exact) mass is 460 g/mol. The predicted molar refractivity (Wildman–Crippen MR) is 115 cm³/mol. The number of methoxy groups -OCH3 is 1. The minimum atomic E-state index is -3.75. The normalized spacial score (nSPS) is 12.2. The summed E-state index contributed by atoms with van der Waals surface area (Å²) < 4.78 is 36.2. The maximum Gasteiger partial charge on any atom is 0.243 e. The maximum atomic E-state index is 12.5. The molecule has 2 rings (SSSR count). The molecule has 0 saturated carbocycles. The molecule has 7 nitrogen and oxygen atoms in total. The maximum absolute atomic E-state index is 12.5. The van der Waals surface area contributed by atoms with Crippen LogP contribution in [-0.4, -0.2) is 46.9 Å². The Bertz CT molecular complexity index is 952. The summed E-state index contributed by atoms with van der Waals surface area (Å²) in [5, 5.41) is 3.50. The van der Waals surface area contributed by atoms with Gasteiger partial charge in [-0.3, -0.25) is 9.10 Å². The van der Waals surface area contributed by atoms with Crippen molar-refractivity contribution in [2.24, 2.45) is 0 Å². The quantitative estimate of drug-likeness (QED) is 0.579. The Hall–Kier alpha value is -2.16. The molecule has 10 heteroatoms. The average Bonchev–Trinajstić information content (AvgIpc) is 2.65. The van der Waals surface area contributed by atoms with E-state index in [4.69, 9.17) is 32.7 Å². The number of carbonyl (C=O) groups excluding carboxylic acids is 1. The van der Waals surface area contributed by atoms with Gasteiger partial charge in [0.1, 0.15) is 24.1 Å². The van der Waals surface area contributed by atoms with Crippen molar-refractivity contribution in [3.05, 3.63) is 52.5 Å². The summed E-state index contributed by atoms with van der Waals surface area (Å²) >= 11 is 11.9. The molecule has 1 atom stereocenters. The topological polar surface area (TPSA) is 84.9 Å². The molecule has 158 valence electrons. The van der Waals surface area contributed by atoms with Crippen LogP contribution in [0.4, 0.5) is 5.69 Å². The number of benzene rings is 2. The lowest BCUT2D eigenvalue weighted by atomic mass is 10.2. The largest absolute Gasteiger partial charge is 0.495 e. The van der Waals surface area contributed by atoms with Crippen LogP contribution in [0.3, 0.4) is 0 Å². The molecule has 0 bridgehead atoms. The van der Waals surface area contributed by atoms with Crippen molar-refractivity contribution < 1.29 is 22.7 Å². The van der Waals surface area contributed by atoms with E-state index in [2.05, 4.69) is 5.32 Å². The van der Waals surface area contributed by atoms with Gasteiger partial charge in [0.25, 0.3) is 0 Å². The van der Waals surface area contributed by atoms with E-state index in [9.17, 15) is 13.2 Å². The highest BCUT2D eigenvalue weighted by Gasteiger charge is 2.29. The summed E-state index contributed by atoms with van der Waals surface area (Å²) in [5.41, 5.74) is 0.262. The standard InChI is InChI=1S/C19H22Cl2N2O5S/c1-13(19(24)22-10-11-28-16-7-4-14(20)5-8-16)23(29(3,25)26)15-6-9-18(27-2)17(21)12-15/h4-9,12-13H,10-11H2,1-3H3,(H,22,24). The molecule has 29 heavy (non-hydrogen) atoms. The summed E-state index contributed by atoms with van der Waals surface area (Å²) in [6.45, 7) is 1.91. The van der Waals surface area contributed by atoms with E-state index in [0.717, 1.165) is 10.6 Å². The number of carbonyl (C=O) groups is 1. The number of nitrogens with zero attached hydrogens (tertiary/aromatic N) is 1. The van der Waals surface area contributed by atoms with Gasteiger partial charge in [-0.05, 0) is 49.4 Å². The van der Waals surface area contributed by atoms with Gasteiger partial charge in [0.2, 0.25) is 15.9 Å². The van der Waals surface area contributed by atoms with E-state index in [1.54, 1.807) is 30.3 Å². The number of anilines is 1. The Morgan fingerprint density at radius 3 is 2.38 bits per heavy atom. The number of halogens is 2. The van der Waals surface area contributed by atoms with E-state index in [1.165, 1.54) is 26.2 Å². The first-order valence-corrected chi connectivity index (χ1v) is 11.2. The lowest BCUT2D eigenvalue weighted by molar-refractivity contribution is -0.121. The number of amides is 1. The summed E-state index contributed by atoms with van der Waals surface area (Å²) in [5.74, 6) is 0.546. The first-order chi connectivity index (χ1) is 13.6. The van der Waals surface area contributed by atoms with Crippen LogP contribution in [-0.2, 0) is 14.8 Å². The molecule has 0 aromatic heterocycles. The molecule has 0 aliphatic carbocycles. The molecule has 0 fully saturated rings. The van der Waals surface area contributed by atoms with Crippen molar-refractivity contribution in [1.29, 1.82) is 0 Å². The molecule has 0 radical (unpaired) electrons. The van der Waals surface area contributed by atoms with Crippen LogP contribution in [0.2, 0.25) is 10.0 Å². The third-order valence-corrected chi connectivity index (χ3v) is 5.75. The fraction of sp³-hybridized carbons (Fsp3) is 0.316. The van der Waals surface area contributed by atoms with Crippen LogP contribution in [0, 0.1) is 0 Å². The summed E-state index contributed by atoms with van der Waals surface area (Å²) in [4.78, 5) is 12.5. The highest BCUT2D eigenvalue weighted by molar-refractivity contribution is 7.92. The predicted octanol–water partition coefficient (Wildman–Crippen LogP) is 3.35. The molecular formula is C19H22Cl2N2O5S. The van der Waals surface area contributed by atoms with Crippen LogP contribution in [0.15, 0.2) is 42.5 Å². The lowest BCUT2D eigenvalue weighted by Crippen LogP contribution is -2.48. The van der Waals surface area contributed by atoms with Crippen LogP contribution in [0.25, 0.3) is 0 Å². The Labute approximate surface area is 180 Å². The Morgan fingerprint density at radius 2 is 1.83 bits per heavy atom. The molecule has 1 amide bonds. The van der Waals surface area contributed by atoms with E-state index in [-0.39, 0.29) is 23.9 Å². The Morgan fingerprint density at radius 1 is 1.17 bits per heavy atom. The SMILES string of the molecule is COc1ccc(N(C(C)C(=O)NCCOc2ccc(Cl)cc2)S(C)(=O)=O)cc1Cl. The fourth-order valence-electron chi connectivity index (χ4n) is 2.62. The fourth-order valence-corrected chi connectivity index (χ4v) is 4.17. The molecule has 1 N–H and O–H groups in total. The third kappa shape index (κ3) is 6.42. The summed E-state index contributed by atoms with van der Waals surface area (Å²) in [6, 6.07) is 10.3. The zero-order valence-electron chi connectivity index (χ0n) is 16.2. The zero-order chi connectivity index (χ0) is 21.6. The van der Waals surface area contributed by atoms with Crippen LogP contribution in [0.1, 0.15) is 6.92 Å². The molecule has 0 saturated heterocycles. The van der Waals surface area contributed by atoms with Crippen molar-refractivity contribution in [1.82, 2.24) is 5.32 Å². The van der Waals surface area contributed by atoms with E-state index >= 15 is 0 Å². The second-order valence-corrected chi connectivity index (χ2v) is 8.85. The minimum absolute atomic E-state index is 0.201. The molecule has 2 aromatic carbocycles. The summed E-state index contributed by atoms with van der Waals surface area (Å²) in [7, 11) is -2.29. The second kappa shape index (κ2) is 10.0. The third-order valence-electron chi connectivity index (χ3n) is 3.96. The molecule has 0 spiro atoms. The number of rotatable bonds is 9. The molecule has 1 unspecified atom stereocenters. The zero-order valence-corrected chi connectivity index (χ0v) is 18.5. The van der Waals surface area contributed by atoms with E-state index in [1.807, 2.05) is 0 Å². The van der Waals surface area contributed by atoms with Gasteiger partial charge in [-0.1, -0.05) is 23.2 Å². The lowest BCUT2D eigenvalue weighted by Gasteiger charge is -2.28. The van der Waals surface area contributed by atoms with Crippen molar-refractivity contribution in [2.75, 3.05) is 30.8 Å². The molecule has 2 aromatic rings. The number of hydrogen-bond acceptors (Lipinski definition) is 5. The van der Waals surface area contributed by atoms with Crippen molar-refractivity contribution in [2.45, 2.75) is 13.0 Å². The second-order valence-electron chi connectivity index (χ2n) is 6.15. The Balaban J connectivity index is 2.03. The molecule has 0 heterocycles. The average molecular weight is 461 g/mol. The van der Waals surface area contributed by atoms with E-state index in [0.29, 0.717) is 16.5 Å². The van der Waals surface area contributed by atoms with Crippen LogP contribution in [0.5, 0.6) is 11.5 Å². The van der Waals surface area contributed by atoms with Gasteiger partial charge in [0, 0.05) is 5.02 Å². The minimum Gasteiger partial charge on any atom is -0.495 e. The van der Waals surface area contributed by atoms with Gasteiger partial charge in [0.05, 0.1) is 30.6 Å². The number of hydrogen-bond donors (Lipinski definition) is 1. The van der Waals surface area contributed by atoms with Crippen molar-refractivity contribution in [3.8, 4) is 11.5 Å². The first kappa shape index (κ1) is 23.1. The van der Waals surface area contributed by atoms with Gasteiger partial charge in [-0.15, -0.1) is 0 Å². The molecule has 0 aliphatic heterocycles. The van der Waals surface area contributed by atoms with Crippen molar-refractivity contribution >= 4 is 44.8 Å². The number of ether oxygens (including phenoxy) is 2. The van der Waals surface area contributed by atoms with Gasteiger partial charge < -0.3 is 14.8 Å². The number of sulfonamides is 1. The molecule has 0 aliphatic rings. The highest BCUT2D eigenvalue weighted by atomic mass is 35.5. The number of nitrogens with one attached hydrogen (secondary N) is 1. The Kier molecular flexibility index (Phi) is 8.01. The van der Waals surface area contributed by atoms with Crippen molar-refractivity contribution in [3.63, 3.8) is 0 Å². The van der Waals surface area contributed by atoms with Gasteiger partial charge >= 0.3 is 0 Å². The van der Waals surface area contributed by atoms with Gasteiger partial charge in [-0.2, -0.15) is 0 Å². The smallest absolute Gasteiger partial charge is 0.243 e. The summed E-state index contributed by atoms with van der Waals surface area (Å²) in [6.07, 6.45) is 1.03. The first-order valence-electron chi connectivity index (χ1n) is 8.62. The highest BCUT2D eigenvalue weighted by Crippen LogP contribution is 2.31. The van der Waals surface area contributed by atoms with E-state index < -0.39 is 22.0 Å². The van der Waals surface area contributed by atoms with Gasteiger partial charge in [0.15, 0.2) is 0 Å². The van der Waals surface area contributed by atoms with Crippen LogP contribution >= 0.6 is 23.2 Å². The van der Waals surface area contributed by atoms with Crippen LogP contribution < -0.4 is 19.1 Å². The molecular weight excluding hydrogens is 439 g/mol.